The maximum absolute atomic E-state index is 9.08. The van der Waals surface area contributed by atoms with E-state index in [1.54, 1.807) is 27.7 Å². The summed E-state index contributed by atoms with van der Waals surface area (Å²) < 4.78 is 34.1. The van der Waals surface area contributed by atoms with Gasteiger partial charge in [0.2, 0.25) is 0 Å². The zero-order valence-corrected chi connectivity index (χ0v) is 14.4. The number of nitrogens with one attached hydrogen (secondary N) is 1. The van der Waals surface area contributed by atoms with Gasteiger partial charge in [0, 0.05) is 10.4 Å². The summed E-state index contributed by atoms with van der Waals surface area (Å²) in [5.74, 6) is 0. The Balaban J connectivity index is -0.000000208. The standard InChI is InChI=1S/C6H15NO2.Ba.H2O4S/c1-5(2,8)7-6(3,4)9;;1-5(2,3)4/h7-9H,1-4H3;;(H2,1,2,3,4)/q;+2;/p-2. The third-order valence-electron chi connectivity index (χ3n) is 0.612. The predicted octanol–water partition coefficient (Wildman–Crippen LogP) is -1.69. The summed E-state index contributed by atoms with van der Waals surface area (Å²) in [7, 11) is -5.17. The third-order valence-corrected chi connectivity index (χ3v) is 0.612. The molecule has 9 heteroatoms. The first-order valence-electron chi connectivity index (χ1n) is 3.61. The third kappa shape index (κ3) is 50.7. The van der Waals surface area contributed by atoms with Crippen LogP contribution in [0.2, 0.25) is 0 Å². The van der Waals surface area contributed by atoms with Crippen molar-refractivity contribution in [3.05, 3.63) is 0 Å². The number of aliphatic hydroxyl groups is 2. The van der Waals surface area contributed by atoms with Crippen LogP contribution >= 0.6 is 0 Å². The number of rotatable bonds is 2. The summed E-state index contributed by atoms with van der Waals surface area (Å²) >= 11 is 0. The van der Waals surface area contributed by atoms with Crippen LogP contribution in [-0.4, -0.2) is 88.1 Å². The van der Waals surface area contributed by atoms with E-state index in [4.69, 9.17) is 27.7 Å². The SMILES string of the molecule is CC(C)(O)NC(C)(C)O.O=S(=O)([O-])[O-].[Ba+2]. The van der Waals surface area contributed by atoms with Gasteiger partial charge in [-0.25, -0.2) is 0 Å². The Morgan fingerprint density at radius 2 is 1.13 bits per heavy atom. The Bertz CT molecular complexity index is 232. The number of hydrogen-bond acceptors (Lipinski definition) is 7. The van der Waals surface area contributed by atoms with Crippen LogP contribution in [0.4, 0.5) is 0 Å². The average Bonchev–Trinajstić information content (AvgIpc) is 1.42. The van der Waals surface area contributed by atoms with Gasteiger partial charge in [0.25, 0.3) is 0 Å². The van der Waals surface area contributed by atoms with Crippen LogP contribution in [0, 0.1) is 0 Å². The Morgan fingerprint density at radius 1 is 1.00 bits per heavy atom. The van der Waals surface area contributed by atoms with Crippen molar-refractivity contribution in [1.82, 2.24) is 5.32 Å². The van der Waals surface area contributed by atoms with Crippen LogP contribution < -0.4 is 5.32 Å². The van der Waals surface area contributed by atoms with Gasteiger partial charge in [0.05, 0.1) is 0 Å². The van der Waals surface area contributed by atoms with E-state index in [1.165, 1.54) is 0 Å². The van der Waals surface area contributed by atoms with Crippen molar-refractivity contribution in [1.29, 1.82) is 0 Å². The molecule has 0 aliphatic carbocycles. The molecule has 0 saturated heterocycles. The molecule has 15 heavy (non-hydrogen) atoms. The van der Waals surface area contributed by atoms with Gasteiger partial charge in [-0.05, 0) is 27.7 Å². The summed E-state index contributed by atoms with van der Waals surface area (Å²) in [6, 6.07) is 0. The fourth-order valence-electron chi connectivity index (χ4n) is 0.749. The van der Waals surface area contributed by atoms with Crippen molar-refractivity contribution in [3.8, 4) is 0 Å². The molecule has 0 aliphatic heterocycles. The molecule has 0 amide bonds. The van der Waals surface area contributed by atoms with E-state index in [1.807, 2.05) is 0 Å². The van der Waals surface area contributed by atoms with E-state index >= 15 is 0 Å². The molecule has 3 N–H and O–H groups in total. The molecule has 0 unspecified atom stereocenters. The second kappa shape index (κ2) is 7.61. The summed E-state index contributed by atoms with van der Waals surface area (Å²) in [6.45, 7) is 6.30. The first kappa shape index (κ1) is 21.6. The van der Waals surface area contributed by atoms with Crippen molar-refractivity contribution in [2.45, 2.75) is 39.1 Å². The van der Waals surface area contributed by atoms with E-state index in [0.717, 1.165) is 0 Å². The van der Waals surface area contributed by atoms with Crippen LogP contribution in [0.1, 0.15) is 27.7 Å². The monoisotopic (exact) mass is 367 g/mol. The molecule has 0 aliphatic rings. The van der Waals surface area contributed by atoms with Gasteiger partial charge in [-0.3, -0.25) is 13.7 Å². The van der Waals surface area contributed by atoms with Crippen LogP contribution in [0.15, 0.2) is 0 Å². The molecule has 0 radical (unpaired) electrons. The maximum Gasteiger partial charge on any atom is 2.00 e. The summed E-state index contributed by atoms with van der Waals surface area (Å²) in [5.41, 5.74) is -2.03. The van der Waals surface area contributed by atoms with Gasteiger partial charge < -0.3 is 19.3 Å². The largest absolute Gasteiger partial charge is 2.00 e. The van der Waals surface area contributed by atoms with Crippen molar-refractivity contribution >= 4 is 59.3 Å². The van der Waals surface area contributed by atoms with Gasteiger partial charge in [-0.1, -0.05) is 0 Å². The molecule has 0 spiro atoms. The molecule has 0 rings (SSSR count). The van der Waals surface area contributed by atoms with Gasteiger partial charge in [-0.15, -0.1) is 0 Å². The second-order valence-electron chi connectivity index (χ2n) is 3.65. The summed E-state index contributed by atoms with van der Waals surface area (Å²) in [6.07, 6.45) is 0. The molecule has 7 nitrogen and oxygen atoms in total. The van der Waals surface area contributed by atoms with Crippen molar-refractivity contribution < 1.29 is 27.7 Å². The van der Waals surface area contributed by atoms with E-state index < -0.39 is 21.8 Å². The Labute approximate surface area is 130 Å². The molecule has 0 saturated carbocycles. The fraction of sp³-hybridized carbons (Fsp3) is 1.00. The minimum atomic E-state index is -5.17. The molecule has 0 fully saturated rings. The molecule has 0 aromatic carbocycles. The van der Waals surface area contributed by atoms with Crippen LogP contribution in [0.25, 0.3) is 0 Å². The Kier molecular flexibility index (Phi) is 11.0. The van der Waals surface area contributed by atoms with E-state index in [2.05, 4.69) is 5.32 Å². The molecule has 0 atom stereocenters. The average molecular weight is 367 g/mol. The first-order chi connectivity index (χ1) is 5.71. The fourth-order valence-corrected chi connectivity index (χ4v) is 0.749. The minimum absolute atomic E-state index is 0. The minimum Gasteiger partial charge on any atom is -0.759 e. The molecule has 0 bridgehead atoms. The van der Waals surface area contributed by atoms with Crippen LogP contribution in [0.3, 0.4) is 0 Å². The zero-order chi connectivity index (χ0) is 12.2. The van der Waals surface area contributed by atoms with Gasteiger partial charge in [-0.2, -0.15) is 0 Å². The van der Waals surface area contributed by atoms with Crippen molar-refractivity contribution in [2.24, 2.45) is 0 Å². The van der Waals surface area contributed by atoms with Crippen LogP contribution in [-0.2, 0) is 10.4 Å². The molecule has 0 aromatic heterocycles. The van der Waals surface area contributed by atoms with E-state index in [0.29, 0.717) is 0 Å². The van der Waals surface area contributed by atoms with Gasteiger partial charge >= 0.3 is 48.9 Å². The molecular weight excluding hydrogens is 351 g/mol. The molecule has 0 heterocycles. The smallest absolute Gasteiger partial charge is 0.759 e. The van der Waals surface area contributed by atoms with E-state index in [9.17, 15) is 0 Å². The normalized spacial score (nSPS) is 12.3. The summed E-state index contributed by atoms with van der Waals surface area (Å²) in [5, 5.41) is 20.7. The quantitative estimate of drug-likeness (QED) is 0.230. The van der Waals surface area contributed by atoms with E-state index in [-0.39, 0.29) is 48.9 Å². The van der Waals surface area contributed by atoms with Gasteiger partial charge in [0.15, 0.2) is 0 Å². The van der Waals surface area contributed by atoms with Crippen molar-refractivity contribution in [3.63, 3.8) is 0 Å². The number of hydrogen-bond donors (Lipinski definition) is 3. The zero-order valence-electron chi connectivity index (χ0n) is 9.14. The Hall–Kier alpha value is 1.32. The topological polar surface area (TPSA) is 133 Å². The second-order valence-corrected chi connectivity index (χ2v) is 4.47. The molecule has 88 valence electrons. The predicted molar refractivity (Wildman–Crippen MR) is 52.0 cm³/mol. The van der Waals surface area contributed by atoms with Crippen molar-refractivity contribution in [2.75, 3.05) is 0 Å². The Morgan fingerprint density at radius 3 is 1.13 bits per heavy atom. The first-order valence-corrected chi connectivity index (χ1v) is 4.95. The van der Waals surface area contributed by atoms with Crippen LogP contribution in [0.5, 0.6) is 0 Å². The molecule has 0 aromatic rings. The summed E-state index contributed by atoms with van der Waals surface area (Å²) in [4.78, 5) is 0. The molecular formula is C6H15BaNO6S. The maximum atomic E-state index is 9.08. The van der Waals surface area contributed by atoms with Gasteiger partial charge in [0.1, 0.15) is 11.4 Å².